The molecule has 3 nitrogen and oxygen atoms in total. The van der Waals surface area contributed by atoms with Gasteiger partial charge in [-0.05, 0) is 36.3 Å². The van der Waals surface area contributed by atoms with Crippen LogP contribution >= 0.6 is 0 Å². The molecule has 0 aromatic carbocycles. The third-order valence-electron chi connectivity index (χ3n) is 3.44. The van der Waals surface area contributed by atoms with Gasteiger partial charge < -0.3 is 15.4 Å². The van der Waals surface area contributed by atoms with Crippen molar-refractivity contribution < 1.29 is 5.11 Å². The summed E-state index contributed by atoms with van der Waals surface area (Å²) in [6.07, 6.45) is 9.14. The number of rotatable bonds is 3. The van der Waals surface area contributed by atoms with E-state index in [2.05, 4.69) is 23.9 Å². The summed E-state index contributed by atoms with van der Waals surface area (Å²) in [6.45, 7) is 3.19. The predicted octanol–water partition coefficient (Wildman–Crippen LogP) is 1.84. The van der Waals surface area contributed by atoms with Crippen LogP contribution in [0.4, 0.5) is 0 Å². The van der Waals surface area contributed by atoms with Crippen molar-refractivity contribution in [1.29, 1.82) is 0 Å². The van der Waals surface area contributed by atoms with Gasteiger partial charge in [0.1, 0.15) is 0 Å². The second kappa shape index (κ2) is 5.02. The van der Waals surface area contributed by atoms with Crippen molar-refractivity contribution in [2.45, 2.75) is 45.2 Å². The van der Waals surface area contributed by atoms with Gasteiger partial charge >= 0.3 is 0 Å². The highest BCUT2D eigenvalue weighted by atomic mass is 16.3. The van der Waals surface area contributed by atoms with E-state index in [1.54, 1.807) is 0 Å². The van der Waals surface area contributed by atoms with E-state index in [1.165, 1.54) is 24.0 Å². The Kier molecular flexibility index (Phi) is 3.66. The number of aliphatic hydroxyl groups excluding tert-OH is 1. The predicted molar refractivity (Wildman–Crippen MR) is 65.2 cm³/mol. The average Bonchev–Trinajstić information content (AvgIpc) is 2.59. The lowest BCUT2D eigenvalue weighted by molar-refractivity contribution is 0.223. The summed E-state index contributed by atoms with van der Waals surface area (Å²) in [5.74, 6) is 0.312. The van der Waals surface area contributed by atoms with Crippen LogP contribution < -0.4 is 5.73 Å². The number of hydrogen-bond donors (Lipinski definition) is 2. The molecule has 0 spiro atoms. The van der Waals surface area contributed by atoms with Crippen molar-refractivity contribution in [3.8, 4) is 0 Å². The Labute approximate surface area is 97.3 Å². The first kappa shape index (κ1) is 11.7. The van der Waals surface area contributed by atoms with Gasteiger partial charge in [-0.3, -0.25) is 0 Å². The van der Waals surface area contributed by atoms with Crippen LogP contribution in [0.5, 0.6) is 0 Å². The highest BCUT2D eigenvalue weighted by molar-refractivity contribution is 5.28. The summed E-state index contributed by atoms with van der Waals surface area (Å²) in [5.41, 5.74) is 8.89. The quantitative estimate of drug-likeness (QED) is 0.767. The van der Waals surface area contributed by atoms with Crippen molar-refractivity contribution in [2.24, 2.45) is 11.7 Å². The van der Waals surface area contributed by atoms with Gasteiger partial charge in [0.05, 0.1) is 0 Å². The van der Waals surface area contributed by atoms with E-state index in [9.17, 15) is 0 Å². The number of aliphatic hydroxyl groups is 1. The van der Waals surface area contributed by atoms with E-state index < -0.39 is 0 Å². The summed E-state index contributed by atoms with van der Waals surface area (Å²) in [5, 5.41) is 9.06. The first-order valence-corrected chi connectivity index (χ1v) is 6.25. The second-order valence-corrected chi connectivity index (χ2v) is 5.08. The molecule has 1 aromatic rings. The number of aromatic nitrogens is 1. The van der Waals surface area contributed by atoms with Crippen molar-refractivity contribution in [3.63, 3.8) is 0 Å². The lowest BCUT2D eigenvalue weighted by Gasteiger charge is -2.10. The second-order valence-electron chi connectivity index (χ2n) is 5.08. The van der Waals surface area contributed by atoms with Crippen LogP contribution in [0.3, 0.4) is 0 Å². The Bertz CT molecular complexity index is 346. The molecule has 2 rings (SSSR count). The molecule has 2 atom stereocenters. The van der Waals surface area contributed by atoms with E-state index in [0.29, 0.717) is 5.92 Å². The maximum atomic E-state index is 9.06. The van der Waals surface area contributed by atoms with Crippen molar-refractivity contribution in [2.75, 3.05) is 6.61 Å². The molecule has 1 heterocycles. The van der Waals surface area contributed by atoms with Gasteiger partial charge in [-0.1, -0.05) is 13.3 Å². The first-order chi connectivity index (χ1) is 7.70. The van der Waals surface area contributed by atoms with Gasteiger partial charge in [-0.2, -0.15) is 0 Å². The van der Waals surface area contributed by atoms with Crippen LogP contribution in [-0.2, 0) is 13.0 Å². The molecule has 0 radical (unpaired) electrons. The zero-order valence-corrected chi connectivity index (χ0v) is 10.0. The van der Waals surface area contributed by atoms with Gasteiger partial charge in [0.15, 0.2) is 0 Å². The highest BCUT2D eigenvalue weighted by Crippen LogP contribution is 2.27. The fourth-order valence-corrected chi connectivity index (χ4v) is 2.47. The lowest BCUT2D eigenvalue weighted by Crippen LogP contribution is -2.11. The summed E-state index contributed by atoms with van der Waals surface area (Å²) in [4.78, 5) is 0. The fraction of sp³-hybridized carbons (Fsp3) is 0.692. The molecule has 3 heteroatoms. The summed E-state index contributed by atoms with van der Waals surface area (Å²) >= 11 is 0. The van der Waals surface area contributed by atoms with Gasteiger partial charge in [-0.25, -0.2) is 0 Å². The Hall–Kier alpha value is -0.800. The Balaban J connectivity index is 2.15. The smallest absolute Gasteiger partial charge is 0.0473 e. The zero-order valence-electron chi connectivity index (χ0n) is 10.0. The van der Waals surface area contributed by atoms with Crippen molar-refractivity contribution in [3.05, 3.63) is 23.5 Å². The molecule has 1 aliphatic rings. The molecule has 1 aliphatic carbocycles. The summed E-state index contributed by atoms with van der Waals surface area (Å²) in [6, 6.07) is 0.211. The van der Waals surface area contributed by atoms with Gasteiger partial charge in [0, 0.05) is 31.6 Å². The zero-order chi connectivity index (χ0) is 11.5. The van der Waals surface area contributed by atoms with Crippen molar-refractivity contribution in [1.82, 2.24) is 4.57 Å². The monoisotopic (exact) mass is 222 g/mol. The molecule has 16 heavy (non-hydrogen) atoms. The molecule has 0 saturated heterocycles. The maximum absolute atomic E-state index is 9.06. The third-order valence-corrected chi connectivity index (χ3v) is 3.44. The number of fused-ring (bicyclic) bond motifs is 1. The standard InChI is InChI=1S/C13H22N2O/c1-10(9-16)6-15-7-11-4-2-3-5-13(14)12(11)8-15/h7-8,10,13,16H,2-6,9,14H2,1H3. The third kappa shape index (κ3) is 2.47. The molecule has 0 saturated carbocycles. The molecule has 0 bridgehead atoms. The summed E-state index contributed by atoms with van der Waals surface area (Å²) in [7, 11) is 0. The minimum atomic E-state index is 0.211. The minimum absolute atomic E-state index is 0.211. The maximum Gasteiger partial charge on any atom is 0.0473 e. The highest BCUT2D eigenvalue weighted by Gasteiger charge is 2.17. The van der Waals surface area contributed by atoms with Crippen LogP contribution in [0, 0.1) is 5.92 Å². The number of nitrogens with two attached hydrogens (primary N) is 1. The number of hydrogen-bond acceptors (Lipinski definition) is 2. The molecule has 0 aliphatic heterocycles. The molecule has 2 unspecified atom stereocenters. The van der Waals surface area contributed by atoms with E-state index in [-0.39, 0.29) is 12.6 Å². The molecule has 90 valence electrons. The Morgan fingerprint density at radius 2 is 2.31 bits per heavy atom. The first-order valence-electron chi connectivity index (χ1n) is 6.25. The van der Waals surface area contributed by atoms with Gasteiger partial charge in [0.25, 0.3) is 0 Å². The van der Waals surface area contributed by atoms with E-state index in [1.807, 2.05) is 0 Å². The molecular formula is C13H22N2O. The molecule has 3 N–H and O–H groups in total. The van der Waals surface area contributed by atoms with Crippen LogP contribution in [0.15, 0.2) is 12.4 Å². The van der Waals surface area contributed by atoms with Crippen LogP contribution in [0.1, 0.15) is 43.4 Å². The topological polar surface area (TPSA) is 51.2 Å². The molecular weight excluding hydrogens is 200 g/mol. The van der Waals surface area contributed by atoms with Crippen molar-refractivity contribution >= 4 is 0 Å². The molecule has 0 amide bonds. The summed E-state index contributed by atoms with van der Waals surface area (Å²) < 4.78 is 2.19. The Morgan fingerprint density at radius 3 is 3.06 bits per heavy atom. The van der Waals surface area contributed by atoms with Crippen LogP contribution in [0.25, 0.3) is 0 Å². The fourth-order valence-electron chi connectivity index (χ4n) is 2.47. The lowest BCUT2D eigenvalue weighted by atomic mass is 10.1. The van der Waals surface area contributed by atoms with E-state index >= 15 is 0 Å². The van der Waals surface area contributed by atoms with Gasteiger partial charge in [-0.15, -0.1) is 0 Å². The molecule has 1 aromatic heterocycles. The van der Waals surface area contributed by atoms with Gasteiger partial charge in [0.2, 0.25) is 0 Å². The van der Waals surface area contributed by atoms with E-state index in [0.717, 1.165) is 19.4 Å². The van der Waals surface area contributed by atoms with Crippen LogP contribution in [0.2, 0.25) is 0 Å². The minimum Gasteiger partial charge on any atom is -0.396 e. The Morgan fingerprint density at radius 1 is 1.50 bits per heavy atom. The number of nitrogens with zero attached hydrogens (tertiary/aromatic N) is 1. The largest absolute Gasteiger partial charge is 0.396 e. The SMILES string of the molecule is CC(CO)Cn1cc2c(c1)C(N)CCCC2. The molecule has 0 fully saturated rings. The average molecular weight is 222 g/mol. The van der Waals surface area contributed by atoms with Crippen LogP contribution in [-0.4, -0.2) is 16.3 Å². The normalized spacial score (nSPS) is 22.6. The number of aryl methyl sites for hydroxylation is 1. The van der Waals surface area contributed by atoms with E-state index in [4.69, 9.17) is 10.8 Å².